The molecule has 0 saturated carbocycles. The fourth-order valence-corrected chi connectivity index (χ4v) is 2.91. The van der Waals surface area contributed by atoms with Crippen molar-refractivity contribution in [3.8, 4) is 5.88 Å². The van der Waals surface area contributed by atoms with Gasteiger partial charge < -0.3 is 20.7 Å². The number of anilines is 2. The number of nitrogen functional groups attached to an aromatic ring is 1. The molecule has 150 valence electrons. The number of carbonyl (C=O) groups excluding carboxylic acids is 2. The molecule has 0 unspecified atom stereocenters. The summed E-state index contributed by atoms with van der Waals surface area (Å²) < 4.78 is 5.55. The Kier molecular flexibility index (Phi) is 8.19. The third-order valence-corrected chi connectivity index (χ3v) is 4.60. The van der Waals surface area contributed by atoms with Crippen LogP contribution in [0.1, 0.15) is 36.5 Å². The average Bonchev–Trinajstić information content (AvgIpc) is 3.25. The number of benzene rings is 1. The summed E-state index contributed by atoms with van der Waals surface area (Å²) >= 11 is 3.19. The molecule has 2 heterocycles. The summed E-state index contributed by atoms with van der Waals surface area (Å²) in [4.78, 5) is 32.7. The number of aromatic nitrogens is 2. The van der Waals surface area contributed by atoms with Gasteiger partial charge in [-0.1, -0.05) is 6.92 Å². The normalized spacial score (nSPS) is 12.8. The highest BCUT2D eigenvalue weighted by Crippen LogP contribution is 2.20. The second kappa shape index (κ2) is 10.6. The molecule has 1 aliphatic heterocycles. The molecule has 28 heavy (non-hydrogen) atoms. The average molecular weight is 450 g/mol. The Balaban J connectivity index is 0.000000237. The first-order valence-electron chi connectivity index (χ1n) is 8.95. The van der Waals surface area contributed by atoms with Crippen molar-refractivity contribution >= 4 is 39.4 Å². The van der Waals surface area contributed by atoms with Gasteiger partial charge in [-0.15, -0.1) is 0 Å². The van der Waals surface area contributed by atoms with Crippen LogP contribution < -0.4 is 15.8 Å². The van der Waals surface area contributed by atoms with Crippen LogP contribution in [0.5, 0.6) is 5.88 Å². The predicted molar refractivity (Wildman–Crippen MR) is 111 cm³/mol. The molecule has 3 N–H and O–H groups in total. The third-order valence-electron chi connectivity index (χ3n) is 4.05. The lowest BCUT2D eigenvalue weighted by molar-refractivity contribution is -0.115. The number of nitrogens with zero attached hydrogens (tertiary/aromatic N) is 3. The second-order valence-electron chi connectivity index (χ2n) is 6.06. The van der Waals surface area contributed by atoms with Crippen LogP contribution in [0, 0.1) is 0 Å². The van der Waals surface area contributed by atoms with E-state index in [1.165, 1.54) is 7.11 Å². The molecular formula is C19H24BrN5O3. The lowest BCUT2D eigenvalue weighted by Crippen LogP contribution is -2.27. The maximum Gasteiger partial charge on any atom is 0.253 e. The van der Waals surface area contributed by atoms with Crippen LogP contribution in [0.15, 0.2) is 34.9 Å². The molecule has 1 saturated heterocycles. The minimum absolute atomic E-state index is 0.0198. The number of halogens is 1. The summed E-state index contributed by atoms with van der Waals surface area (Å²) in [6.45, 7) is 3.51. The van der Waals surface area contributed by atoms with Gasteiger partial charge in [-0.05, 0) is 53.0 Å². The van der Waals surface area contributed by atoms with Gasteiger partial charge in [-0.2, -0.15) is 4.98 Å². The monoisotopic (exact) mass is 449 g/mol. The lowest BCUT2D eigenvalue weighted by atomic mass is 10.2. The van der Waals surface area contributed by atoms with Gasteiger partial charge in [0.2, 0.25) is 17.7 Å². The van der Waals surface area contributed by atoms with Crippen molar-refractivity contribution in [2.75, 3.05) is 31.2 Å². The van der Waals surface area contributed by atoms with Crippen LogP contribution in [0.2, 0.25) is 0 Å². The van der Waals surface area contributed by atoms with E-state index < -0.39 is 0 Å². The van der Waals surface area contributed by atoms with Crippen LogP contribution in [-0.4, -0.2) is 46.9 Å². The predicted octanol–water partition coefficient (Wildman–Crippen LogP) is 3.10. The van der Waals surface area contributed by atoms with Gasteiger partial charge in [0.25, 0.3) is 5.91 Å². The molecule has 3 rings (SSSR count). The third kappa shape index (κ3) is 6.19. The Morgan fingerprint density at radius 1 is 1.25 bits per heavy atom. The van der Waals surface area contributed by atoms with Crippen molar-refractivity contribution in [3.63, 3.8) is 0 Å². The van der Waals surface area contributed by atoms with Gasteiger partial charge in [0.15, 0.2) is 0 Å². The summed E-state index contributed by atoms with van der Waals surface area (Å²) in [6.07, 6.45) is 4.18. The van der Waals surface area contributed by atoms with Crippen LogP contribution in [-0.2, 0) is 4.79 Å². The summed E-state index contributed by atoms with van der Waals surface area (Å²) in [6, 6.07) is 7.09. The van der Waals surface area contributed by atoms with E-state index in [1.54, 1.807) is 37.4 Å². The van der Waals surface area contributed by atoms with Crippen LogP contribution >= 0.6 is 15.9 Å². The number of carbonyl (C=O) groups is 2. The number of nitrogens with two attached hydrogens (primary N) is 1. The number of likely N-dealkylation sites (tertiary alicyclic amines) is 1. The molecule has 0 atom stereocenters. The molecule has 0 radical (unpaired) electrons. The SMILES string of the molecule is CCC(=O)Nc1ccc(C(=O)N2CCCC2)cc1.COc1nc(N)ncc1Br. The van der Waals surface area contributed by atoms with Gasteiger partial charge >= 0.3 is 0 Å². The first kappa shape index (κ1) is 21.6. The van der Waals surface area contributed by atoms with Gasteiger partial charge in [-0.25, -0.2) is 4.98 Å². The minimum atomic E-state index is -0.0198. The minimum Gasteiger partial charge on any atom is -0.480 e. The number of methoxy groups -OCH3 is 1. The molecule has 2 amide bonds. The maximum absolute atomic E-state index is 12.1. The van der Waals surface area contributed by atoms with Crippen molar-refractivity contribution in [2.24, 2.45) is 0 Å². The lowest BCUT2D eigenvalue weighted by Gasteiger charge is -2.15. The molecule has 8 nitrogen and oxygen atoms in total. The Bertz CT molecular complexity index is 808. The molecule has 2 aromatic rings. The van der Waals surface area contributed by atoms with E-state index in [-0.39, 0.29) is 17.8 Å². The maximum atomic E-state index is 12.1. The van der Waals surface area contributed by atoms with E-state index in [0.717, 1.165) is 31.6 Å². The number of nitrogens with one attached hydrogen (secondary N) is 1. The largest absolute Gasteiger partial charge is 0.480 e. The van der Waals surface area contributed by atoms with E-state index in [4.69, 9.17) is 10.5 Å². The zero-order valence-corrected chi connectivity index (χ0v) is 17.5. The van der Waals surface area contributed by atoms with E-state index >= 15 is 0 Å². The molecule has 9 heteroatoms. The Morgan fingerprint density at radius 3 is 2.43 bits per heavy atom. The molecule has 0 aliphatic carbocycles. The number of hydrogen-bond acceptors (Lipinski definition) is 6. The number of ether oxygens (including phenoxy) is 1. The highest BCUT2D eigenvalue weighted by molar-refractivity contribution is 9.10. The Hall–Kier alpha value is -2.68. The van der Waals surface area contributed by atoms with Crippen molar-refractivity contribution in [2.45, 2.75) is 26.2 Å². The Labute approximate surface area is 172 Å². The Morgan fingerprint density at radius 2 is 1.89 bits per heavy atom. The van der Waals surface area contributed by atoms with E-state index in [1.807, 2.05) is 4.90 Å². The topological polar surface area (TPSA) is 110 Å². The number of amides is 2. The number of hydrogen-bond donors (Lipinski definition) is 2. The highest BCUT2D eigenvalue weighted by Gasteiger charge is 2.19. The standard InChI is InChI=1S/C14H18N2O2.C5H6BrN3O/c1-2-13(17)15-12-7-5-11(6-8-12)14(18)16-9-3-4-10-16;1-10-4-3(6)2-8-5(7)9-4/h5-8H,2-4,9-10H2,1H3,(H,15,17);2H,1H3,(H2,7,8,9). The highest BCUT2D eigenvalue weighted by atomic mass is 79.9. The van der Waals surface area contributed by atoms with Crippen molar-refractivity contribution in [1.29, 1.82) is 0 Å². The molecule has 0 bridgehead atoms. The molecular weight excluding hydrogens is 426 g/mol. The quantitative estimate of drug-likeness (QED) is 0.741. The van der Waals surface area contributed by atoms with Crippen LogP contribution in [0.25, 0.3) is 0 Å². The van der Waals surface area contributed by atoms with E-state index in [2.05, 4.69) is 31.2 Å². The van der Waals surface area contributed by atoms with Crippen LogP contribution in [0.3, 0.4) is 0 Å². The summed E-state index contributed by atoms with van der Waals surface area (Å²) in [7, 11) is 1.52. The van der Waals surface area contributed by atoms with Crippen molar-refractivity contribution < 1.29 is 14.3 Å². The van der Waals surface area contributed by atoms with Gasteiger partial charge in [0, 0.05) is 30.8 Å². The molecule has 1 fully saturated rings. The fourth-order valence-electron chi connectivity index (χ4n) is 2.56. The fraction of sp³-hybridized carbons (Fsp3) is 0.368. The molecule has 1 aliphatic rings. The van der Waals surface area contributed by atoms with Gasteiger partial charge in [0.05, 0.1) is 17.8 Å². The van der Waals surface area contributed by atoms with Gasteiger partial charge in [0.1, 0.15) is 0 Å². The van der Waals surface area contributed by atoms with Gasteiger partial charge in [-0.3, -0.25) is 9.59 Å². The first-order chi connectivity index (χ1) is 13.4. The van der Waals surface area contributed by atoms with E-state index in [0.29, 0.717) is 22.3 Å². The molecule has 1 aromatic heterocycles. The molecule has 1 aromatic carbocycles. The zero-order valence-electron chi connectivity index (χ0n) is 15.9. The number of rotatable bonds is 4. The first-order valence-corrected chi connectivity index (χ1v) is 9.75. The zero-order chi connectivity index (χ0) is 20.5. The second-order valence-corrected chi connectivity index (χ2v) is 6.92. The molecule has 0 spiro atoms. The van der Waals surface area contributed by atoms with Crippen molar-refractivity contribution in [3.05, 3.63) is 40.5 Å². The van der Waals surface area contributed by atoms with E-state index in [9.17, 15) is 9.59 Å². The summed E-state index contributed by atoms with van der Waals surface area (Å²) in [5.74, 6) is 0.724. The van der Waals surface area contributed by atoms with Crippen LogP contribution in [0.4, 0.5) is 11.6 Å². The smallest absolute Gasteiger partial charge is 0.253 e. The van der Waals surface area contributed by atoms with Crippen molar-refractivity contribution in [1.82, 2.24) is 14.9 Å². The summed E-state index contributed by atoms with van der Waals surface area (Å²) in [5, 5.41) is 2.76. The summed E-state index contributed by atoms with van der Waals surface area (Å²) in [5.41, 5.74) is 6.70.